The summed E-state index contributed by atoms with van der Waals surface area (Å²) in [4.78, 5) is 9.07. The van der Waals surface area contributed by atoms with Gasteiger partial charge in [0.25, 0.3) is 0 Å². The molecule has 1 aliphatic rings. The van der Waals surface area contributed by atoms with E-state index in [2.05, 4.69) is 30.7 Å². The molecule has 1 aliphatic carbocycles. The van der Waals surface area contributed by atoms with Crippen molar-refractivity contribution in [3.05, 3.63) is 22.7 Å². The minimum atomic E-state index is -0.357. The summed E-state index contributed by atoms with van der Waals surface area (Å²) in [5, 5.41) is 0.517. The fraction of sp³-hybridized carbons (Fsp3) is 0.733. The minimum absolute atomic E-state index is 0.357. The average molecular weight is 283 g/mol. The molecule has 1 heterocycles. The second kappa shape index (κ2) is 5.37. The van der Waals surface area contributed by atoms with Crippen molar-refractivity contribution in [2.24, 2.45) is 5.41 Å². The molecule has 0 atom stereocenters. The van der Waals surface area contributed by atoms with Gasteiger partial charge in [-0.15, -0.1) is 0 Å². The van der Waals surface area contributed by atoms with Gasteiger partial charge in [0.1, 0.15) is 10.8 Å². The number of aryl methyl sites for hydroxylation is 1. The molecule has 0 spiro atoms. The maximum absolute atomic E-state index is 6.12. The Kier molecular flexibility index (Phi) is 4.17. The number of ether oxygens (including phenoxy) is 1. The fourth-order valence-electron chi connectivity index (χ4n) is 2.70. The van der Waals surface area contributed by atoms with Gasteiger partial charge in [0, 0.05) is 12.8 Å². The Hall–Kier alpha value is -0.670. The van der Waals surface area contributed by atoms with Gasteiger partial charge in [0.05, 0.1) is 0 Å². The quantitative estimate of drug-likeness (QED) is 0.782. The average Bonchev–Trinajstić information content (AvgIpc) is 2.38. The lowest BCUT2D eigenvalue weighted by molar-refractivity contribution is -0.0730. The van der Waals surface area contributed by atoms with Crippen LogP contribution in [0.4, 0.5) is 0 Å². The third-order valence-electron chi connectivity index (χ3n) is 4.32. The van der Waals surface area contributed by atoms with E-state index in [1.165, 1.54) is 0 Å². The van der Waals surface area contributed by atoms with Crippen molar-refractivity contribution in [3.8, 4) is 0 Å². The number of halogens is 1. The van der Waals surface area contributed by atoms with Crippen LogP contribution in [-0.2, 0) is 16.8 Å². The lowest BCUT2D eigenvalue weighted by atomic mass is 9.70. The SMILES string of the molecule is CCc1cc(Cl)nc(C2(OC)CCC(C)(C)CC2)n1. The number of rotatable bonds is 3. The second-order valence-corrected chi connectivity index (χ2v) is 6.61. The summed E-state index contributed by atoms with van der Waals surface area (Å²) >= 11 is 6.12. The Balaban J connectivity index is 2.34. The molecule has 0 aliphatic heterocycles. The Bertz CT molecular complexity index is 449. The first-order valence-corrected chi connectivity index (χ1v) is 7.38. The summed E-state index contributed by atoms with van der Waals surface area (Å²) in [6.45, 7) is 6.69. The van der Waals surface area contributed by atoms with E-state index in [0.717, 1.165) is 43.6 Å². The molecule has 0 unspecified atom stereocenters. The van der Waals surface area contributed by atoms with Crippen LogP contribution in [0.1, 0.15) is 58.0 Å². The van der Waals surface area contributed by atoms with Crippen LogP contribution in [0.15, 0.2) is 6.07 Å². The van der Waals surface area contributed by atoms with Crippen molar-refractivity contribution in [2.75, 3.05) is 7.11 Å². The van der Waals surface area contributed by atoms with Gasteiger partial charge >= 0.3 is 0 Å². The summed E-state index contributed by atoms with van der Waals surface area (Å²) < 4.78 is 5.83. The first kappa shape index (κ1) is 14.7. The summed E-state index contributed by atoms with van der Waals surface area (Å²) in [6.07, 6.45) is 5.02. The van der Waals surface area contributed by atoms with Gasteiger partial charge < -0.3 is 4.74 Å². The van der Waals surface area contributed by atoms with Crippen molar-refractivity contribution in [3.63, 3.8) is 0 Å². The fourth-order valence-corrected chi connectivity index (χ4v) is 2.90. The molecule has 1 aromatic heterocycles. The molecule has 4 heteroatoms. The van der Waals surface area contributed by atoms with E-state index >= 15 is 0 Å². The predicted molar refractivity (Wildman–Crippen MR) is 77.4 cm³/mol. The zero-order chi connectivity index (χ0) is 14.1. The summed E-state index contributed by atoms with van der Waals surface area (Å²) in [5.41, 5.74) is 1.01. The van der Waals surface area contributed by atoms with E-state index in [1.54, 1.807) is 7.11 Å². The highest BCUT2D eigenvalue weighted by Crippen LogP contribution is 2.46. The molecule has 1 saturated carbocycles. The van der Waals surface area contributed by atoms with Crippen LogP contribution in [0.25, 0.3) is 0 Å². The molecule has 0 bridgehead atoms. The molecule has 106 valence electrons. The van der Waals surface area contributed by atoms with E-state index < -0.39 is 0 Å². The van der Waals surface area contributed by atoms with Crippen LogP contribution >= 0.6 is 11.6 Å². The predicted octanol–water partition coefficient (Wildman–Crippen LogP) is 4.13. The van der Waals surface area contributed by atoms with E-state index in [-0.39, 0.29) is 5.60 Å². The summed E-state index contributed by atoms with van der Waals surface area (Å²) in [6, 6.07) is 1.83. The molecule has 0 N–H and O–H groups in total. The van der Waals surface area contributed by atoms with E-state index in [4.69, 9.17) is 16.3 Å². The lowest BCUT2D eigenvalue weighted by Crippen LogP contribution is -2.38. The number of hydrogen-bond acceptors (Lipinski definition) is 3. The van der Waals surface area contributed by atoms with Gasteiger partial charge in [-0.1, -0.05) is 32.4 Å². The van der Waals surface area contributed by atoms with Crippen molar-refractivity contribution in [2.45, 2.75) is 58.5 Å². The van der Waals surface area contributed by atoms with Crippen LogP contribution in [0, 0.1) is 5.41 Å². The second-order valence-electron chi connectivity index (χ2n) is 6.22. The van der Waals surface area contributed by atoms with Crippen LogP contribution in [0.5, 0.6) is 0 Å². The van der Waals surface area contributed by atoms with Crippen molar-refractivity contribution < 1.29 is 4.74 Å². The lowest BCUT2D eigenvalue weighted by Gasteiger charge is -2.41. The van der Waals surface area contributed by atoms with Gasteiger partial charge in [0.2, 0.25) is 0 Å². The Labute approximate surface area is 120 Å². The Morgan fingerprint density at radius 1 is 1.21 bits per heavy atom. The summed E-state index contributed by atoms with van der Waals surface area (Å²) in [5.74, 6) is 0.759. The minimum Gasteiger partial charge on any atom is -0.370 e. The molecule has 2 rings (SSSR count). The number of nitrogens with zero attached hydrogens (tertiary/aromatic N) is 2. The normalized spacial score (nSPS) is 21.3. The van der Waals surface area contributed by atoms with Gasteiger partial charge in [-0.25, -0.2) is 9.97 Å². The maximum Gasteiger partial charge on any atom is 0.162 e. The molecule has 0 radical (unpaired) electrons. The summed E-state index contributed by atoms with van der Waals surface area (Å²) in [7, 11) is 1.76. The highest BCUT2D eigenvalue weighted by Gasteiger charge is 2.42. The van der Waals surface area contributed by atoms with Crippen molar-refractivity contribution in [1.82, 2.24) is 9.97 Å². The Morgan fingerprint density at radius 3 is 2.37 bits per heavy atom. The van der Waals surface area contributed by atoms with E-state index in [1.807, 2.05) is 6.07 Å². The largest absolute Gasteiger partial charge is 0.370 e. The smallest absolute Gasteiger partial charge is 0.162 e. The molecular weight excluding hydrogens is 260 g/mol. The van der Waals surface area contributed by atoms with Crippen molar-refractivity contribution in [1.29, 1.82) is 0 Å². The molecule has 1 aromatic rings. The van der Waals surface area contributed by atoms with E-state index in [9.17, 15) is 0 Å². The molecule has 0 amide bonds. The highest BCUT2D eigenvalue weighted by atomic mass is 35.5. The monoisotopic (exact) mass is 282 g/mol. The Morgan fingerprint density at radius 2 is 1.84 bits per heavy atom. The molecule has 3 nitrogen and oxygen atoms in total. The van der Waals surface area contributed by atoms with Gasteiger partial charge in [0.15, 0.2) is 5.82 Å². The van der Waals surface area contributed by atoms with Crippen LogP contribution in [-0.4, -0.2) is 17.1 Å². The third-order valence-corrected chi connectivity index (χ3v) is 4.51. The molecule has 19 heavy (non-hydrogen) atoms. The molecule has 1 fully saturated rings. The number of methoxy groups -OCH3 is 1. The topological polar surface area (TPSA) is 35.0 Å². The third kappa shape index (κ3) is 3.09. The standard InChI is InChI=1S/C15H23ClN2O/c1-5-11-10-12(16)18-13(17-11)15(19-4)8-6-14(2,3)7-9-15/h10H,5-9H2,1-4H3. The number of hydrogen-bond donors (Lipinski definition) is 0. The van der Waals surface area contributed by atoms with Gasteiger partial charge in [-0.2, -0.15) is 0 Å². The zero-order valence-electron chi connectivity index (χ0n) is 12.3. The maximum atomic E-state index is 6.12. The van der Waals surface area contributed by atoms with Gasteiger partial charge in [-0.05, 0) is 43.6 Å². The van der Waals surface area contributed by atoms with E-state index in [0.29, 0.717) is 10.6 Å². The highest BCUT2D eigenvalue weighted by molar-refractivity contribution is 6.29. The number of aromatic nitrogens is 2. The van der Waals surface area contributed by atoms with Crippen LogP contribution in [0.3, 0.4) is 0 Å². The first-order chi connectivity index (χ1) is 8.91. The van der Waals surface area contributed by atoms with Gasteiger partial charge in [-0.3, -0.25) is 0 Å². The first-order valence-electron chi connectivity index (χ1n) is 7.00. The van der Waals surface area contributed by atoms with Crippen LogP contribution < -0.4 is 0 Å². The molecule has 0 aromatic carbocycles. The molecular formula is C15H23ClN2O. The molecule has 0 saturated heterocycles. The van der Waals surface area contributed by atoms with Crippen molar-refractivity contribution >= 4 is 11.6 Å². The van der Waals surface area contributed by atoms with Crippen LogP contribution in [0.2, 0.25) is 5.15 Å². The zero-order valence-corrected chi connectivity index (χ0v) is 13.0.